The summed E-state index contributed by atoms with van der Waals surface area (Å²) in [6.07, 6.45) is 4.13. The van der Waals surface area contributed by atoms with Gasteiger partial charge in [0.1, 0.15) is 6.10 Å². The highest BCUT2D eigenvalue weighted by atomic mass is 16.5. The number of likely N-dealkylation sites (tertiary alicyclic amines) is 1. The number of benzene rings is 1. The summed E-state index contributed by atoms with van der Waals surface area (Å²) in [6.45, 7) is 7.88. The van der Waals surface area contributed by atoms with Gasteiger partial charge in [0, 0.05) is 25.2 Å². The minimum atomic E-state index is -0.501. The van der Waals surface area contributed by atoms with Gasteiger partial charge in [-0.2, -0.15) is 0 Å². The molecule has 2 rings (SSSR count). The van der Waals surface area contributed by atoms with E-state index in [1.54, 1.807) is 13.0 Å². The average molecular weight is 330 g/mol. The van der Waals surface area contributed by atoms with Crippen LogP contribution in [0.4, 0.5) is 0 Å². The summed E-state index contributed by atoms with van der Waals surface area (Å²) >= 11 is 0. The van der Waals surface area contributed by atoms with Crippen molar-refractivity contribution in [3.05, 3.63) is 48.0 Å². The molecule has 1 fully saturated rings. The number of ether oxygens (including phenoxy) is 1. The van der Waals surface area contributed by atoms with Crippen LogP contribution in [-0.4, -0.2) is 42.5 Å². The summed E-state index contributed by atoms with van der Waals surface area (Å²) in [4.78, 5) is 26.3. The predicted molar refractivity (Wildman–Crippen MR) is 93.7 cm³/mol. The fraction of sp³-hybridized carbons (Fsp3) is 0.474. The lowest BCUT2D eigenvalue weighted by Gasteiger charge is -2.16. The first-order valence-corrected chi connectivity index (χ1v) is 8.50. The third-order valence-corrected chi connectivity index (χ3v) is 4.09. The molecule has 2 amide bonds. The minimum absolute atomic E-state index is 0.0711. The van der Waals surface area contributed by atoms with Gasteiger partial charge < -0.3 is 15.0 Å². The Morgan fingerprint density at radius 1 is 1.38 bits per heavy atom. The zero-order chi connectivity index (χ0) is 17.4. The van der Waals surface area contributed by atoms with Gasteiger partial charge in [-0.1, -0.05) is 18.2 Å². The molecule has 0 aliphatic carbocycles. The zero-order valence-electron chi connectivity index (χ0n) is 14.3. The Hall–Kier alpha value is -2.14. The second kappa shape index (κ2) is 9.23. The number of rotatable bonds is 8. The van der Waals surface area contributed by atoms with Crippen LogP contribution in [0.2, 0.25) is 0 Å². The number of amides is 2. The van der Waals surface area contributed by atoms with E-state index < -0.39 is 6.10 Å². The van der Waals surface area contributed by atoms with Crippen LogP contribution >= 0.6 is 0 Å². The van der Waals surface area contributed by atoms with Crippen molar-refractivity contribution in [2.75, 3.05) is 19.7 Å². The lowest BCUT2D eigenvalue weighted by atomic mass is 10.1. The topological polar surface area (TPSA) is 58.6 Å². The maximum atomic E-state index is 12.4. The minimum Gasteiger partial charge on any atom is -0.368 e. The summed E-state index contributed by atoms with van der Waals surface area (Å²) in [6, 6.07) is 7.44. The van der Waals surface area contributed by atoms with Crippen molar-refractivity contribution in [3.8, 4) is 0 Å². The molecule has 0 saturated carbocycles. The standard InChI is InChI=1S/C19H26N2O3/c1-3-4-12-24-15(2)18(22)20-14-16-8-7-9-17(13-16)19(23)21-10-5-6-11-21/h3,7-9,13,15H,1,4-6,10-12,14H2,2H3,(H,20,22). The largest absolute Gasteiger partial charge is 0.368 e. The molecule has 1 unspecified atom stereocenters. The first-order valence-electron chi connectivity index (χ1n) is 8.50. The van der Waals surface area contributed by atoms with Crippen LogP contribution in [0, 0.1) is 0 Å². The fourth-order valence-corrected chi connectivity index (χ4v) is 2.65. The van der Waals surface area contributed by atoms with Crippen LogP contribution in [0.5, 0.6) is 0 Å². The second-order valence-corrected chi connectivity index (χ2v) is 6.01. The number of nitrogens with zero attached hydrogens (tertiary/aromatic N) is 1. The number of hydrogen-bond donors (Lipinski definition) is 1. The zero-order valence-corrected chi connectivity index (χ0v) is 14.3. The van der Waals surface area contributed by atoms with Gasteiger partial charge in [-0.15, -0.1) is 6.58 Å². The van der Waals surface area contributed by atoms with Crippen LogP contribution < -0.4 is 5.32 Å². The first kappa shape index (κ1) is 18.2. The van der Waals surface area contributed by atoms with E-state index in [1.807, 2.05) is 29.2 Å². The molecule has 5 heteroatoms. The van der Waals surface area contributed by atoms with E-state index in [-0.39, 0.29) is 11.8 Å². The summed E-state index contributed by atoms with van der Waals surface area (Å²) in [7, 11) is 0. The fourth-order valence-electron chi connectivity index (χ4n) is 2.65. The third kappa shape index (κ3) is 5.20. The van der Waals surface area contributed by atoms with E-state index >= 15 is 0 Å². The molecule has 1 N–H and O–H groups in total. The highest BCUT2D eigenvalue weighted by Gasteiger charge is 2.19. The summed E-state index contributed by atoms with van der Waals surface area (Å²) in [5.74, 6) is -0.0860. The Labute approximate surface area is 143 Å². The lowest BCUT2D eigenvalue weighted by Crippen LogP contribution is -2.34. The molecule has 1 aromatic rings. The van der Waals surface area contributed by atoms with Crippen molar-refractivity contribution in [2.24, 2.45) is 0 Å². The third-order valence-electron chi connectivity index (χ3n) is 4.09. The molecular weight excluding hydrogens is 304 g/mol. The SMILES string of the molecule is C=CCCOC(C)C(=O)NCc1cccc(C(=O)N2CCCC2)c1. The average Bonchev–Trinajstić information content (AvgIpc) is 3.14. The highest BCUT2D eigenvalue weighted by molar-refractivity contribution is 5.94. The maximum absolute atomic E-state index is 12.4. The van der Waals surface area contributed by atoms with Crippen molar-refractivity contribution in [3.63, 3.8) is 0 Å². The molecule has 130 valence electrons. The van der Waals surface area contributed by atoms with E-state index in [4.69, 9.17) is 4.74 Å². The van der Waals surface area contributed by atoms with Gasteiger partial charge in [-0.05, 0) is 43.9 Å². The Balaban J connectivity index is 1.86. The first-order chi connectivity index (χ1) is 11.6. The van der Waals surface area contributed by atoms with Crippen molar-refractivity contribution in [2.45, 2.75) is 38.8 Å². The molecule has 24 heavy (non-hydrogen) atoms. The predicted octanol–water partition coefficient (Wildman–Crippen LogP) is 2.52. The molecule has 0 aromatic heterocycles. The number of nitrogens with one attached hydrogen (secondary N) is 1. The molecule has 0 bridgehead atoms. The molecule has 1 heterocycles. The smallest absolute Gasteiger partial charge is 0.253 e. The normalized spacial score (nSPS) is 15.1. The number of carbonyl (C=O) groups is 2. The van der Waals surface area contributed by atoms with Crippen LogP contribution in [0.3, 0.4) is 0 Å². The van der Waals surface area contributed by atoms with Gasteiger partial charge in [-0.25, -0.2) is 0 Å². The maximum Gasteiger partial charge on any atom is 0.253 e. The molecule has 1 saturated heterocycles. The highest BCUT2D eigenvalue weighted by Crippen LogP contribution is 2.14. The molecule has 0 radical (unpaired) electrons. The van der Waals surface area contributed by atoms with Gasteiger partial charge in [-0.3, -0.25) is 9.59 Å². The molecule has 5 nitrogen and oxygen atoms in total. The molecule has 0 spiro atoms. The Morgan fingerprint density at radius 2 is 2.12 bits per heavy atom. The van der Waals surface area contributed by atoms with Gasteiger partial charge in [0.2, 0.25) is 5.91 Å². The van der Waals surface area contributed by atoms with E-state index in [0.29, 0.717) is 18.7 Å². The molecule has 1 aliphatic rings. The number of hydrogen-bond acceptors (Lipinski definition) is 3. The Bertz CT molecular complexity index is 580. The van der Waals surface area contributed by atoms with E-state index in [1.165, 1.54) is 0 Å². The molecule has 1 aliphatic heterocycles. The monoisotopic (exact) mass is 330 g/mol. The van der Waals surface area contributed by atoms with Crippen LogP contribution in [0.25, 0.3) is 0 Å². The second-order valence-electron chi connectivity index (χ2n) is 6.01. The van der Waals surface area contributed by atoms with Crippen molar-refractivity contribution in [1.82, 2.24) is 10.2 Å². The van der Waals surface area contributed by atoms with Gasteiger partial charge >= 0.3 is 0 Å². The van der Waals surface area contributed by atoms with E-state index in [9.17, 15) is 9.59 Å². The summed E-state index contributed by atoms with van der Waals surface area (Å²) in [5.41, 5.74) is 1.59. The van der Waals surface area contributed by atoms with Crippen molar-refractivity contribution in [1.29, 1.82) is 0 Å². The Morgan fingerprint density at radius 3 is 2.83 bits per heavy atom. The van der Waals surface area contributed by atoms with Crippen molar-refractivity contribution >= 4 is 11.8 Å². The summed E-state index contributed by atoms with van der Waals surface area (Å²) < 4.78 is 5.42. The van der Waals surface area contributed by atoms with Crippen LogP contribution in [0.1, 0.15) is 42.1 Å². The lowest BCUT2D eigenvalue weighted by molar-refractivity contribution is -0.131. The van der Waals surface area contributed by atoms with Gasteiger partial charge in [0.15, 0.2) is 0 Å². The van der Waals surface area contributed by atoms with E-state index in [2.05, 4.69) is 11.9 Å². The Kier molecular flexibility index (Phi) is 7.00. The molecular formula is C19H26N2O3. The number of carbonyl (C=O) groups excluding carboxylic acids is 2. The van der Waals surface area contributed by atoms with Gasteiger partial charge in [0.05, 0.1) is 6.61 Å². The van der Waals surface area contributed by atoms with Crippen molar-refractivity contribution < 1.29 is 14.3 Å². The van der Waals surface area contributed by atoms with Crippen LogP contribution in [-0.2, 0) is 16.1 Å². The molecule has 1 atom stereocenters. The van der Waals surface area contributed by atoms with Crippen LogP contribution in [0.15, 0.2) is 36.9 Å². The van der Waals surface area contributed by atoms with Gasteiger partial charge in [0.25, 0.3) is 5.91 Å². The molecule has 1 aromatic carbocycles. The quantitative estimate of drug-likeness (QED) is 0.588. The summed E-state index contributed by atoms with van der Waals surface area (Å²) in [5, 5.41) is 2.85. The van der Waals surface area contributed by atoms with E-state index in [0.717, 1.165) is 37.9 Å².